The fourth-order valence-corrected chi connectivity index (χ4v) is 2.27. The lowest BCUT2D eigenvalue weighted by atomic mass is 9.81. The van der Waals surface area contributed by atoms with E-state index in [0.29, 0.717) is 23.7 Å². The maximum Gasteiger partial charge on any atom is 0.242 e. The van der Waals surface area contributed by atoms with E-state index < -0.39 is 11.3 Å². The minimum absolute atomic E-state index is 0.264. The van der Waals surface area contributed by atoms with Crippen LogP contribution < -0.4 is 5.73 Å². The van der Waals surface area contributed by atoms with Gasteiger partial charge in [0.2, 0.25) is 17.6 Å². The van der Waals surface area contributed by atoms with E-state index in [0.717, 1.165) is 5.56 Å². The largest absolute Gasteiger partial charge is 0.369 e. The predicted octanol–water partition coefficient (Wildman–Crippen LogP) is 2.93. The van der Waals surface area contributed by atoms with Crippen molar-refractivity contribution in [1.82, 2.24) is 10.1 Å². The molecule has 0 radical (unpaired) electrons. The van der Waals surface area contributed by atoms with Crippen molar-refractivity contribution in [2.45, 2.75) is 32.1 Å². The fourth-order valence-electron chi connectivity index (χ4n) is 2.14. The van der Waals surface area contributed by atoms with Gasteiger partial charge in [-0.2, -0.15) is 4.98 Å². The second-order valence-electron chi connectivity index (χ2n) is 4.58. The Bertz CT molecular complexity index is 603. The van der Waals surface area contributed by atoms with E-state index in [-0.39, 0.29) is 5.89 Å². The van der Waals surface area contributed by atoms with Gasteiger partial charge >= 0.3 is 0 Å². The summed E-state index contributed by atoms with van der Waals surface area (Å²) in [6.07, 6.45) is 1.03. The quantitative estimate of drug-likeness (QED) is 0.919. The molecule has 0 saturated carbocycles. The monoisotopic (exact) mass is 293 g/mol. The highest BCUT2D eigenvalue weighted by atomic mass is 35.5. The van der Waals surface area contributed by atoms with Crippen LogP contribution in [0.15, 0.2) is 28.8 Å². The Hall–Kier alpha value is -1.88. The average molecular weight is 294 g/mol. The number of aromatic nitrogens is 2. The summed E-state index contributed by atoms with van der Waals surface area (Å²) in [6.45, 7) is 3.75. The third-order valence-electron chi connectivity index (χ3n) is 3.62. The Balaban J connectivity index is 2.42. The molecule has 0 aliphatic carbocycles. The molecule has 20 heavy (non-hydrogen) atoms. The Morgan fingerprint density at radius 1 is 1.30 bits per heavy atom. The summed E-state index contributed by atoms with van der Waals surface area (Å²) < 4.78 is 5.26. The normalized spacial score (nSPS) is 11.6. The van der Waals surface area contributed by atoms with Gasteiger partial charge in [-0.1, -0.05) is 30.6 Å². The molecular formula is C14H16ClN3O2. The molecule has 2 aromatic rings. The molecule has 0 saturated heterocycles. The van der Waals surface area contributed by atoms with E-state index >= 15 is 0 Å². The number of primary amides is 1. The van der Waals surface area contributed by atoms with Gasteiger partial charge < -0.3 is 10.3 Å². The van der Waals surface area contributed by atoms with Crippen molar-refractivity contribution in [3.05, 3.63) is 35.2 Å². The summed E-state index contributed by atoms with van der Waals surface area (Å²) >= 11 is 5.84. The number of rotatable bonds is 5. The topological polar surface area (TPSA) is 82.0 Å². The maximum atomic E-state index is 11.8. The highest BCUT2D eigenvalue weighted by molar-refractivity contribution is 6.30. The van der Waals surface area contributed by atoms with Crippen LogP contribution in [0.3, 0.4) is 0 Å². The van der Waals surface area contributed by atoms with Crippen LogP contribution in [0.5, 0.6) is 0 Å². The lowest BCUT2D eigenvalue weighted by Crippen LogP contribution is -2.40. The Morgan fingerprint density at radius 2 is 1.90 bits per heavy atom. The van der Waals surface area contributed by atoms with Crippen LogP contribution in [-0.2, 0) is 10.2 Å². The third kappa shape index (κ3) is 2.41. The highest BCUT2D eigenvalue weighted by Gasteiger charge is 2.40. The van der Waals surface area contributed by atoms with E-state index in [2.05, 4.69) is 10.1 Å². The zero-order valence-electron chi connectivity index (χ0n) is 11.4. The molecule has 2 N–H and O–H groups in total. The van der Waals surface area contributed by atoms with E-state index in [9.17, 15) is 4.79 Å². The number of halogens is 1. The lowest BCUT2D eigenvalue weighted by Gasteiger charge is -2.22. The number of amides is 1. The highest BCUT2D eigenvalue weighted by Crippen LogP contribution is 2.31. The number of hydrogen-bond acceptors (Lipinski definition) is 4. The van der Waals surface area contributed by atoms with Gasteiger partial charge in [0.05, 0.1) is 0 Å². The molecule has 5 nitrogen and oxygen atoms in total. The van der Waals surface area contributed by atoms with Crippen molar-refractivity contribution in [1.29, 1.82) is 0 Å². The van der Waals surface area contributed by atoms with Crippen molar-refractivity contribution in [2.24, 2.45) is 5.73 Å². The van der Waals surface area contributed by atoms with Gasteiger partial charge in [0.1, 0.15) is 5.41 Å². The molecule has 0 aliphatic rings. The van der Waals surface area contributed by atoms with Crippen LogP contribution in [0.4, 0.5) is 0 Å². The molecule has 0 atom stereocenters. The van der Waals surface area contributed by atoms with E-state index in [1.54, 1.807) is 24.3 Å². The van der Waals surface area contributed by atoms with Gasteiger partial charge in [-0.25, -0.2) is 0 Å². The molecule has 0 bridgehead atoms. The van der Waals surface area contributed by atoms with Gasteiger partial charge in [0.25, 0.3) is 0 Å². The molecule has 0 spiro atoms. The van der Waals surface area contributed by atoms with Gasteiger partial charge in [-0.3, -0.25) is 4.79 Å². The van der Waals surface area contributed by atoms with Crippen LogP contribution in [-0.4, -0.2) is 16.0 Å². The van der Waals surface area contributed by atoms with E-state index in [1.807, 2.05) is 13.8 Å². The Morgan fingerprint density at radius 3 is 2.40 bits per heavy atom. The first-order chi connectivity index (χ1) is 9.53. The number of benzene rings is 1. The maximum absolute atomic E-state index is 11.8. The molecule has 0 fully saturated rings. The van der Waals surface area contributed by atoms with Crippen LogP contribution >= 0.6 is 11.6 Å². The molecule has 106 valence electrons. The Labute approximate surface area is 122 Å². The third-order valence-corrected chi connectivity index (χ3v) is 3.87. The molecular weight excluding hydrogens is 278 g/mol. The molecule has 0 aliphatic heterocycles. The molecule has 1 aromatic heterocycles. The molecule has 1 aromatic carbocycles. The summed E-state index contributed by atoms with van der Waals surface area (Å²) in [4.78, 5) is 16.1. The summed E-state index contributed by atoms with van der Waals surface area (Å²) in [6, 6.07) is 7.07. The van der Waals surface area contributed by atoms with Gasteiger partial charge in [0, 0.05) is 10.6 Å². The average Bonchev–Trinajstić information content (AvgIpc) is 2.91. The first-order valence-electron chi connectivity index (χ1n) is 6.43. The number of carbonyl (C=O) groups is 1. The molecule has 6 heteroatoms. The first-order valence-corrected chi connectivity index (χ1v) is 6.81. The van der Waals surface area contributed by atoms with Crippen LogP contribution in [0.1, 0.15) is 32.6 Å². The SMILES string of the molecule is CCC(CC)(C(N)=O)c1nc(-c2ccc(Cl)cc2)no1. The van der Waals surface area contributed by atoms with Crippen LogP contribution in [0.25, 0.3) is 11.4 Å². The zero-order chi connectivity index (χ0) is 14.8. The van der Waals surface area contributed by atoms with Crippen molar-refractivity contribution in [2.75, 3.05) is 0 Å². The van der Waals surface area contributed by atoms with Crippen LogP contribution in [0, 0.1) is 0 Å². The summed E-state index contributed by atoms with van der Waals surface area (Å²) in [7, 11) is 0. The number of nitrogens with zero attached hydrogens (tertiary/aromatic N) is 2. The van der Waals surface area contributed by atoms with Crippen molar-refractivity contribution in [3.8, 4) is 11.4 Å². The fraction of sp³-hybridized carbons (Fsp3) is 0.357. The van der Waals surface area contributed by atoms with Crippen molar-refractivity contribution >= 4 is 17.5 Å². The molecule has 1 heterocycles. The molecule has 2 rings (SSSR count). The number of nitrogens with two attached hydrogens (primary N) is 1. The Kier molecular flexibility index (Phi) is 4.09. The van der Waals surface area contributed by atoms with Gasteiger partial charge in [-0.05, 0) is 37.1 Å². The summed E-state index contributed by atoms with van der Waals surface area (Å²) in [5, 5.41) is 4.55. The van der Waals surface area contributed by atoms with Crippen molar-refractivity contribution < 1.29 is 9.32 Å². The molecule has 0 unspecified atom stereocenters. The lowest BCUT2D eigenvalue weighted by molar-refractivity contribution is -0.124. The second-order valence-corrected chi connectivity index (χ2v) is 5.02. The standard InChI is InChI=1S/C14H16ClN3O2/c1-3-14(4-2,12(16)19)13-17-11(18-20-13)9-5-7-10(15)8-6-9/h5-8H,3-4H2,1-2H3,(H2,16,19). The summed E-state index contributed by atoms with van der Waals surface area (Å²) in [5.74, 6) is 0.234. The smallest absolute Gasteiger partial charge is 0.242 e. The van der Waals surface area contributed by atoms with E-state index in [1.165, 1.54) is 0 Å². The minimum Gasteiger partial charge on any atom is -0.369 e. The van der Waals surface area contributed by atoms with Gasteiger partial charge in [-0.15, -0.1) is 0 Å². The second kappa shape index (κ2) is 5.63. The van der Waals surface area contributed by atoms with E-state index in [4.69, 9.17) is 21.9 Å². The summed E-state index contributed by atoms with van der Waals surface area (Å²) in [5.41, 5.74) is 5.38. The molecule has 1 amide bonds. The van der Waals surface area contributed by atoms with Crippen LogP contribution in [0.2, 0.25) is 5.02 Å². The minimum atomic E-state index is -0.905. The predicted molar refractivity (Wildman–Crippen MR) is 76.2 cm³/mol. The zero-order valence-corrected chi connectivity index (χ0v) is 12.1. The van der Waals surface area contributed by atoms with Crippen molar-refractivity contribution in [3.63, 3.8) is 0 Å². The number of hydrogen-bond donors (Lipinski definition) is 1. The number of carbonyl (C=O) groups excluding carboxylic acids is 1. The first kappa shape index (κ1) is 14.5. The van der Waals surface area contributed by atoms with Gasteiger partial charge in [0.15, 0.2) is 0 Å².